The van der Waals surface area contributed by atoms with Gasteiger partial charge in [-0.15, -0.1) is 0 Å². The van der Waals surface area contributed by atoms with Crippen molar-refractivity contribution in [1.29, 1.82) is 0 Å². The van der Waals surface area contributed by atoms with Gasteiger partial charge in [0.05, 0.1) is 22.3 Å². The quantitative estimate of drug-likeness (QED) is 0.485. The summed E-state index contributed by atoms with van der Waals surface area (Å²) in [6, 6.07) is 2.85. The molecule has 0 aliphatic rings. The molecule has 0 aliphatic carbocycles. The third-order valence-electron chi connectivity index (χ3n) is 4.43. The number of anilines is 1. The molecule has 4 N–H and O–H groups in total. The van der Waals surface area contributed by atoms with Crippen molar-refractivity contribution in [2.45, 2.75) is 13.8 Å². The topological polar surface area (TPSA) is 100 Å². The smallest absolute Gasteiger partial charge is 0.272 e. The maximum absolute atomic E-state index is 14.0. The number of halogens is 2. The summed E-state index contributed by atoms with van der Waals surface area (Å²) in [5.41, 5.74) is 9.14. The molecular formula is C17H13ClFN5O. The molecular weight excluding hydrogens is 345 g/mol. The average molecular weight is 358 g/mol. The third-order valence-corrected chi connectivity index (χ3v) is 4.90. The summed E-state index contributed by atoms with van der Waals surface area (Å²) in [7, 11) is 0. The van der Waals surface area contributed by atoms with E-state index in [2.05, 4.69) is 20.2 Å². The molecule has 0 saturated heterocycles. The molecule has 0 radical (unpaired) electrons. The highest BCUT2D eigenvalue weighted by Gasteiger charge is 2.20. The molecule has 3 heterocycles. The summed E-state index contributed by atoms with van der Waals surface area (Å²) in [4.78, 5) is 19.6. The van der Waals surface area contributed by atoms with E-state index < -0.39 is 11.4 Å². The summed E-state index contributed by atoms with van der Waals surface area (Å²) in [6.07, 6.45) is 1.49. The van der Waals surface area contributed by atoms with Crippen LogP contribution in [0.5, 0.6) is 0 Å². The summed E-state index contributed by atoms with van der Waals surface area (Å²) in [6.45, 7) is 3.65. The van der Waals surface area contributed by atoms with Gasteiger partial charge in [-0.3, -0.25) is 14.9 Å². The number of rotatable bonds is 1. The summed E-state index contributed by atoms with van der Waals surface area (Å²) in [5, 5.41) is 7.42. The van der Waals surface area contributed by atoms with Crippen LogP contribution in [0.15, 0.2) is 23.1 Å². The van der Waals surface area contributed by atoms with Crippen LogP contribution >= 0.6 is 11.6 Å². The fraction of sp³-hybridized carbons (Fsp3) is 0.118. The average Bonchev–Trinajstić information content (AvgIpc) is 3.07. The molecule has 0 aliphatic heterocycles. The predicted molar refractivity (Wildman–Crippen MR) is 96.3 cm³/mol. The van der Waals surface area contributed by atoms with Crippen LogP contribution in [0.3, 0.4) is 0 Å². The van der Waals surface area contributed by atoms with Gasteiger partial charge in [0, 0.05) is 16.6 Å². The van der Waals surface area contributed by atoms with Gasteiger partial charge >= 0.3 is 0 Å². The number of aromatic amines is 2. The standard InChI is InChI=1S/C17H13ClFN5O/c1-6-7(2)22-15-11(13(20)17(25)23-16(15)12(6)18)8-3-4-10(19)14-9(8)5-21-24-14/h3-5H,20H2,1-2H3,(H,21,24)(H,23,25). The first-order valence-corrected chi connectivity index (χ1v) is 7.88. The van der Waals surface area contributed by atoms with E-state index in [0.717, 1.165) is 11.3 Å². The van der Waals surface area contributed by atoms with Crippen LogP contribution in [0, 0.1) is 19.7 Å². The SMILES string of the molecule is Cc1nc2c(-c3ccc(F)c4[nH]ncc34)c(N)c(=O)[nH]c2c(Cl)c1C. The molecule has 25 heavy (non-hydrogen) atoms. The Morgan fingerprint density at radius 2 is 2.00 bits per heavy atom. The van der Waals surface area contributed by atoms with Gasteiger partial charge in [-0.05, 0) is 31.0 Å². The highest BCUT2D eigenvalue weighted by atomic mass is 35.5. The Morgan fingerprint density at radius 3 is 2.76 bits per heavy atom. The maximum Gasteiger partial charge on any atom is 0.272 e. The molecule has 0 atom stereocenters. The number of H-pyrrole nitrogens is 2. The molecule has 1 aromatic carbocycles. The molecule has 0 saturated carbocycles. The van der Waals surface area contributed by atoms with Crippen molar-refractivity contribution in [2.24, 2.45) is 0 Å². The van der Waals surface area contributed by atoms with Crippen LogP contribution in [-0.2, 0) is 0 Å². The number of hydrogen-bond acceptors (Lipinski definition) is 4. The van der Waals surface area contributed by atoms with E-state index >= 15 is 0 Å². The van der Waals surface area contributed by atoms with Crippen molar-refractivity contribution in [1.82, 2.24) is 20.2 Å². The Bertz CT molecular complexity index is 1230. The first-order chi connectivity index (χ1) is 11.9. The molecule has 4 rings (SSSR count). The number of nitrogens with two attached hydrogens (primary N) is 1. The van der Waals surface area contributed by atoms with E-state index in [0.29, 0.717) is 32.6 Å². The van der Waals surface area contributed by atoms with E-state index in [1.807, 2.05) is 13.8 Å². The second-order valence-electron chi connectivity index (χ2n) is 5.86. The fourth-order valence-corrected chi connectivity index (χ4v) is 3.24. The van der Waals surface area contributed by atoms with Crippen molar-refractivity contribution in [3.63, 3.8) is 0 Å². The van der Waals surface area contributed by atoms with E-state index in [1.54, 1.807) is 6.07 Å². The Balaban J connectivity index is 2.25. The molecule has 6 nitrogen and oxygen atoms in total. The zero-order chi connectivity index (χ0) is 17.9. The number of aryl methyl sites for hydroxylation is 1. The Hall–Kier alpha value is -2.93. The Kier molecular flexibility index (Phi) is 3.30. The minimum atomic E-state index is -0.476. The fourth-order valence-electron chi connectivity index (χ4n) is 2.97. The third kappa shape index (κ3) is 2.12. The van der Waals surface area contributed by atoms with Crippen molar-refractivity contribution < 1.29 is 4.39 Å². The Labute approximate surface area is 145 Å². The number of aromatic nitrogens is 4. The molecule has 8 heteroatoms. The van der Waals surface area contributed by atoms with E-state index in [9.17, 15) is 9.18 Å². The number of nitrogen functional groups attached to an aromatic ring is 1. The molecule has 0 amide bonds. The van der Waals surface area contributed by atoms with Crippen molar-refractivity contribution in [3.8, 4) is 11.1 Å². The summed E-state index contributed by atoms with van der Waals surface area (Å²) < 4.78 is 14.0. The number of benzene rings is 1. The van der Waals surface area contributed by atoms with Gasteiger partial charge in [0.1, 0.15) is 17.0 Å². The number of nitrogens with zero attached hydrogens (tertiary/aromatic N) is 2. The van der Waals surface area contributed by atoms with E-state index in [1.165, 1.54) is 12.3 Å². The van der Waals surface area contributed by atoms with Crippen LogP contribution < -0.4 is 11.3 Å². The lowest BCUT2D eigenvalue weighted by Crippen LogP contribution is -2.15. The molecule has 4 aromatic rings. The number of hydrogen-bond donors (Lipinski definition) is 3. The minimum absolute atomic E-state index is 0.00609. The van der Waals surface area contributed by atoms with Gasteiger partial charge in [-0.25, -0.2) is 4.39 Å². The zero-order valence-electron chi connectivity index (χ0n) is 13.4. The van der Waals surface area contributed by atoms with Gasteiger partial charge in [0.15, 0.2) is 0 Å². The lowest BCUT2D eigenvalue weighted by molar-refractivity contribution is 0.636. The number of fused-ring (bicyclic) bond motifs is 2. The van der Waals surface area contributed by atoms with Gasteiger partial charge < -0.3 is 10.7 Å². The second-order valence-corrected chi connectivity index (χ2v) is 6.23. The van der Waals surface area contributed by atoms with Crippen molar-refractivity contribution >= 4 is 39.2 Å². The van der Waals surface area contributed by atoms with Crippen LogP contribution in [0.4, 0.5) is 10.1 Å². The molecule has 0 bridgehead atoms. The number of pyridine rings is 2. The summed E-state index contributed by atoms with van der Waals surface area (Å²) in [5.74, 6) is -0.443. The molecule has 0 fully saturated rings. The predicted octanol–water partition coefficient (Wildman–Crippen LogP) is 3.46. The number of nitrogens with one attached hydrogen (secondary N) is 2. The summed E-state index contributed by atoms with van der Waals surface area (Å²) >= 11 is 6.41. The first kappa shape index (κ1) is 15.6. The molecule has 0 spiro atoms. The van der Waals surface area contributed by atoms with Crippen molar-refractivity contribution in [2.75, 3.05) is 5.73 Å². The highest BCUT2D eigenvalue weighted by Crippen LogP contribution is 2.37. The van der Waals surface area contributed by atoms with Crippen LogP contribution in [0.2, 0.25) is 5.02 Å². The van der Waals surface area contributed by atoms with Crippen LogP contribution in [-0.4, -0.2) is 20.2 Å². The maximum atomic E-state index is 14.0. The first-order valence-electron chi connectivity index (χ1n) is 7.50. The second kappa shape index (κ2) is 5.29. The van der Waals surface area contributed by atoms with Crippen molar-refractivity contribution in [3.05, 3.63) is 50.8 Å². The lowest BCUT2D eigenvalue weighted by atomic mass is 9.98. The van der Waals surface area contributed by atoms with Gasteiger partial charge in [0.25, 0.3) is 5.56 Å². The minimum Gasteiger partial charge on any atom is -0.394 e. The van der Waals surface area contributed by atoms with Crippen LogP contribution in [0.1, 0.15) is 11.3 Å². The highest BCUT2D eigenvalue weighted by molar-refractivity contribution is 6.36. The van der Waals surface area contributed by atoms with E-state index in [-0.39, 0.29) is 11.2 Å². The monoisotopic (exact) mass is 357 g/mol. The van der Waals surface area contributed by atoms with Gasteiger partial charge in [0.2, 0.25) is 0 Å². The zero-order valence-corrected chi connectivity index (χ0v) is 14.1. The van der Waals surface area contributed by atoms with Crippen LogP contribution in [0.25, 0.3) is 33.1 Å². The molecule has 3 aromatic heterocycles. The largest absolute Gasteiger partial charge is 0.394 e. The van der Waals surface area contributed by atoms with Gasteiger partial charge in [-0.1, -0.05) is 17.7 Å². The normalized spacial score (nSPS) is 11.5. The van der Waals surface area contributed by atoms with E-state index in [4.69, 9.17) is 17.3 Å². The molecule has 0 unspecified atom stereocenters. The lowest BCUT2D eigenvalue weighted by Gasteiger charge is -2.13. The Morgan fingerprint density at radius 1 is 1.24 bits per heavy atom. The molecule has 126 valence electrons. The van der Waals surface area contributed by atoms with Gasteiger partial charge in [-0.2, -0.15) is 5.10 Å².